The molecule has 0 radical (unpaired) electrons. The Balaban J connectivity index is 0.00000338. The van der Waals surface area contributed by atoms with Gasteiger partial charge >= 0.3 is 0 Å². The van der Waals surface area contributed by atoms with Gasteiger partial charge in [0.2, 0.25) is 0 Å². The maximum absolute atomic E-state index is 5.73. The smallest absolute Gasteiger partial charge is 0.191 e. The van der Waals surface area contributed by atoms with Gasteiger partial charge in [-0.1, -0.05) is 6.07 Å². The molecular formula is C18H27IN4O2S. The number of aliphatic imine (C=N–C) groups is 1. The minimum Gasteiger partial charge on any atom is -0.497 e. The summed E-state index contributed by atoms with van der Waals surface area (Å²) in [6.45, 7) is 6.93. The second-order valence-electron chi connectivity index (χ2n) is 5.37. The molecule has 0 aliphatic heterocycles. The molecule has 2 aromatic rings. The molecule has 6 nitrogen and oxygen atoms in total. The highest BCUT2D eigenvalue weighted by atomic mass is 127. The number of nitrogens with zero attached hydrogens (tertiary/aromatic N) is 2. The molecule has 1 aromatic heterocycles. The number of hydrogen-bond donors (Lipinski definition) is 2. The lowest BCUT2D eigenvalue weighted by molar-refractivity contribution is 0.308. The van der Waals surface area contributed by atoms with Gasteiger partial charge in [0.1, 0.15) is 16.5 Å². The van der Waals surface area contributed by atoms with Crippen LogP contribution in [-0.4, -0.2) is 37.7 Å². The molecule has 0 unspecified atom stereocenters. The monoisotopic (exact) mass is 490 g/mol. The van der Waals surface area contributed by atoms with Crippen molar-refractivity contribution in [1.82, 2.24) is 15.6 Å². The summed E-state index contributed by atoms with van der Waals surface area (Å²) in [6.07, 6.45) is 2.75. The molecule has 2 rings (SSSR count). The number of aromatic nitrogens is 1. The third kappa shape index (κ3) is 8.22. The zero-order valence-electron chi connectivity index (χ0n) is 15.4. The second kappa shape index (κ2) is 12.7. The molecule has 0 fully saturated rings. The van der Waals surface area contributed by atoms with Crippen LogP contribution in [0.2, 0.25) is 0 Å². The predicted molar refractivity (Wildman–Crippen MR) is 118 cm³/mol. The quantitative estimate of drug-likeness (QED) is 0.243. The fourth-order valence-electron chi connectivity index (χ4n) is 2.12. The maximum Gasteiger partial charge on any atom is 0.191 e. The van der Waals surface area contributed by atoms with E-state index in [-0.39, 0.29) is 24.0 Å². The van der Waals surface area contributed by atoms with E-state index < -0.39 is 0 Å². The van der Waals surface area contributed by atoms with Crippen molar-refractivity contribution in [2.24, 2.45) is 4.99 Å². The molecule has 144 valence electrons. The van der Waals surface area contributed by atoms with E-state index in [2.05, 4.69) is 34.5 Å². The number of hydrogen-bond acceptors (Lipinski definition) is 5. The van der Waals surface area contributed by atoms with Gasteiger partial charge in [0.05, 0.1) is 20.3 Å². The van der Waals surface area contributed by atoms with E-state index in [4.69, 9.17) is 9.47 Å². The van der Waals surface area contributed by atoms with Crippen molar-refractivity contribution in [2.75, 3.05) is 26.8 Å². The van der Waals surface area contributed by atoms with Gasteiger partial charge in [0, 0.05) is 30.2 Å². The predicted octanol–water partition coefficient (Wildman–Crippen LogP) is 3.60. The highest BCUT2D eigenvalue weighted by molar-refractivity contribution is 14.0. The van der Waals surface area contributed by atoms with Gasteiger partial charge in [0.15, 0.2) is 5.96 Å². The van der Waals surface area contributed by atoms with Crippen LogP contribution < -0.4 is 20.1 Å². The maximum atomic E-state index is 5.73. The molecular weight excluding hydrogens is 463 g/mol. The van der Waals surface area contributed by atoms with Crippen LogP contribution in [0.3, 0.4) is 0 Å². The van der Waals surface area contributed by atoms with E-state index in [0.717, 1.165) is 42.0 Å². The second-order valence-corrected chi connectivity index (χ2v) is 6.69. The van der Waals surface area contributed by atoms with Crippen molar-refractivity contribution in [3.8, 4) is 11.5 Å². The molecule has 0 atom stereocenters. The SMILES string of the molecule is CCNC(=NCc1ncc(C)s1)NCCCOc1cccc(OC)c1.I. The summed E-state index contributed by atoms with van der Waals surface area (Å²) in [5.41, 5.74) is 0. The standard InChI is InChI=1S/C18H26N4O2S.HI/c1-4-19-18(22-13-17-21-12-14(2)25-17)20-9-6-10-24-16-8-5-7-15(11-16)23-3;/h5,7-8,11-12H,4,6,9-10,13H2,1-3H3,(H2,19,20,22);1H. The Kier molecular flexibility index (Phi) is 11.0. The minimum absolute atomic E-state index is 0. The number of thiazole rings is 1. The zero-order valence-corrected chi connectivity index (χ0v) is 18.6. The lowest BCUT2D eigenvalue weighted by Gasteiger charge is -2.11. The van der Waals surface area contributed by atoms with Gasteiger partial charge < -0.3 is 20.1 Å². The molecule has 0 bridgehead atoms. The van der Waals surface area contributed by atoms with Crippen LogP contribution >= 0.6 is 35.3 Å². The van der Waals surface area contributed by atoms with E-state index in [1.807, 2.05) is 30.5 Å². The fourth-order valence-corrected chi connectivity index (χ4v) is 2.83. The first kappa shape index (κ1) is 22.5. The molecule has 8 heteroatoms. The topological polar surface area (TPSA) is 67.8 Å². The van der Waals surface area contributed by atoms with Crippen molar-refractivity contribution < 1.29 is 9.47 Å². The van der Waals surface area contributed by atoms with Gasteiger partial charge in [0.25, 0.3) is 0 Å². The number of rotatable bonds is 9. The molecule has 0 saturated carbocycles. The van der Waals surface area contributed by atoms with Crippen molar-refractivity contribution in [2.45, 2.75) is 26.8 Å². The lowest BCUT2D eigenvalue weighted by atomic mass is 10.3. The Morgan fingerprint density at radius 2 is 2.08 bits per heavy atom. The molecule has 0 aliphatic carbocycles. The molecule has 0 spiro atoms. The Morgan fingerprint density at radius 1 is 1.27 bits per heavy atom. The van der Waals surface area contributed by atoms with Crippen molar-refractivity contribution >= 4 is 41.3 Å². The van der Waals surface area contributed by atoms with E-state index >= 15 is 0 Å². The third-order valence-corrected chi connectivity index (χ3v) is 4.21. The van der Waals surface area contributed by atoms with Crippen molar-refractivity contribution in [3.05, 3.63) is 40.3 Å². The Labute approximate surface area is 176 Å². The van der Waals surface area contributed by atoms with E-state index in [1.54, 1.807) is 18.4 Å². The van der Waals surface area contributed by atoms with Gasteiger partial charge in [-0.25, -0.2) is 9.98 Å². The zero-order chi connectivity index (χ0) is 17.9. The minimum atomic E-state index is 0. The summed E-state index contributed by atoms with van der Waals surface area (Å²) in [6, 6.07) is 7.63. The van der Waals surface area contributed by atoms with Crippen LogP contribution in [0.15, 0.2) is 35.5 Å². The van der Waals surface area contributed by atoms with E-state index in [1.165, 1.54) is 4.88 Å². The van der Waals surface area contributed by atoms with Gasteiger partial charge in [-0.2, -0.15) is 0 Å². The van der Waals surface area contributed by atoms with Gasteiger partial charge in [-0.05, 0) is 32.4 Å². The molecule has 0 saturated heterocycles. The van der Waals surface area contributed by atoms with Crippen molar-refractivity contribution in [3.63, 3.8) is 0 Å². The summed E-state index contributed by atoms with van der Waals surface area (Å²) in [5.74, 6) is 2.42. The lowest BCUT2D eigenvalue weighted by Crippen LogP contribution is -2.38. The molecule has 2 N–H and O–H groups in total. The number of nitrogens with one attached hydrogen (secondary N) is 2. The number of guanidine groups is 1. The van der Waals surface area contributed by atoms with Gasteiger partial charge in [-0.15, -0.1) is 35.3 Å². The summed E-state index contributed by atoms with van der Waals surface area (Å²) in [7, 11) is 1.65. The molecule has 0 aliphatic rings. The highest BCUT2D eigenvalue weighted by Crippen LogP contribution is 2.18. The van der Waals surface area contributed by atoms with Crippen LogP contribution in [0.4, 0.5) is 0 Å². The largest absolute Gasteiger partial charge is 0.497 e. The average Bonchev–Trinajstić information content (AvgIpc) is 3.04. The normalized spacial score (nSPS) is 10.8. The summed E-state index contributed by atoms with van der Waals surface area (Å²) < 4.78 is 10.9. The first-order chi connectivity index (χ1) is 12.2. The van der Waals surface area contributed by atoms with Crippen LogP contribution in [0.25, 0.3) is 0 Å². The fraction of sp³-hybridized carbons (Fsp3) is 0.444. The number of aryl methyl sites for hydroxylation is 1. The highest BCUT2D eigenvalue weighted by Gasteiger charge is 2.01. The van der Waals surface area contributed by atoms with Crippen LogP contribution in [0.5, 0.6) is 11.5 Å². The summed E-state index contributed by atoms with van der Waals surface area (Å²) in [5, 5.41) is 7.58. The van der Waals surface area contributed by atoms with E-state index in [9.17, 15) is 0 Å². The van der Waals surface area contributed by atoms with Crippen LogP contribution in [-0.2, 0) is 6.54 Å². The third-order valence-electron chi connectivity index (χ3n) is 3.31. The molecule has 26 heavy (non-hydrogen) atoms. The average molecular weight is 490 g/mol. The Hall–Kier alpha value is -1.55. The summed E-state index contributed by atoms with van der Waals surface area (Å²) >= 11 is 1.68. The van der Waals surface area contributed by atoms with E-state index in [0.29, 0.717) is 13.2 Å². The number of benzene rings is 1. The Morgan fingerprint density at radius 3 is 2.77 bits per heavy atom. The van der Waals surface area contributed by atoms with Crippen LogP contribution in [0, 0.1) is 6.92 Å². The first-order valence-corrected chi connectivity index (χ1v) is 9.23. The molecule has 1 aromatic carbocycles. The Bertz CT molecular complexity index is 679. The molecule has 0 amide bonds. The number of ether oxygens (including phenoxy) is 2. The number of halogens is 1. The van der Waals surface area contributed by atoms with Crippen molar-refractivity contribution in [1.29, 1.82) is 0 Å². The number of methoxy groups -OCH3 is 1. The van der Waals surface area contributed by atoms with Gasteiger partial charge in [-0.3, -0.25) is 0 Å². The first-order valence-electron chi connectivity index (χ1n) is 8.41. The summed E-state index contributed by atoms with van der Waals surface area (Å²) in [4.78, 5) is 10.1. The van der Waals surface area contributed by atoms with Crippen LogP contribution in [0.1, 0.15) is 23.2 Å². The molecule has 1 heterocycles.